The summed E-state index contributed by atoms with van der Waals surface area (Å²) >= 11 is 0. The van der Waals surface area contributed by atoms with E-state index in [2.05, 4.69) is 20.0 Å². The monoisotopic (exact) mass is 233 g/mol. The number of nitrogens with one attached hydrogen (secondary N) is 1. The first-order chi connectivity index (χ1) is 7.03. The van der Waals surface area contributed by atoms with Crippen molar-refractivity contribution in [3.8, 4) is 0 Å². The maximum atomic E-state index is 11.3. The molecule has 0 aromatic carbocycles. The highest BCUT2D eigenvalue weighted by Crippen LogP contribution is 1.96. The van der Waals surface area contributed by atoms with Crippen LogP contribution in [-0.2, 0) is 16.4 Å². The quantitative estimate of drug-likeness (QED) is 0.743. The van der Waals surface area contributed by atoms with Crippen molar-refractivity contribution in [2.75, 3.05) is 11.5 Å². The van der Waals surface area contributed by atoms with Crippen LogP contribution >= 0.6 is 0 Å². The predicted octanol–water partition coefficient (Wildman–Crippen LogP) is -0.0176. The molecule has 0 saturated heterocycles. The number of hydrogen-bond acceptors (Lipinski definition) is 6. The van der Waals surface area contributed by atoms with E-state index in [0.29, 0.717) is 12.4 Å². The summed E-state index contributed by atoms with van der Waals surface area (Å²) in [4.78, 5) is 3.82. The molecule has 0 fully saturated rings. The third kappa shape index (κ3) is 4.39. The van der Waals surface area contributed by atoms with Crippen LogP contribution in [0.15, 0.2) is 10.9 Å². The number of nitrogens with zero attached hydrogens (tertiary/aromatic N) is 2. The third-order valence-electron chi connectivity index (χ3n) is 1.96. The molecule has 1 aromatic rings. The smallest absolute Gasteiger partial charge is 0.213 e. The summed E-state index contributed by atoms with van der Waals surface area (Å²) in [6.07, 6.45) is 1.24. The molecule has 1 aromatic heterocycles. The summed E-state index contributed by atoms with van der Waals surface area (Å²) in [6.45, 7) is 3.87. The van der Waals surface area contributed by atoms with Crippen LogP contribution in [0.3, 0.4) is 0 Å². The average molecular weight is 233 g/mol. The Morgan fingerprint density at radius 2 is 2.33 bits per heavy atom. The van der Waals surface area contributed by atoms with Gasteiger partial charge in [-0.05, 0) is 6.92 Å². The molecule has 0 aliphatic heterocycles. The van der Waals surface area contributed by atoms with Crippen molar-refractivity contribution >= 4 is 9.84 Å². The zero-order valence-corrected chi connectivity index (χ0v) is 9.62. The van der Waals surface area contributed by atoms with Gasteiger partial charge in [-0.1, -0.05) is 12.1 Å². The molecular weight excluding hydrogens is 218 g/mol. The van der Waals surface area contributed by atoms with Crippen LogP contribution in [0.5, 0.6) is 0 Å². The first-order valence-electron chi connectivity index (χ1n) is 4.72. The lowest BCUT2D eigenvalue weighted by Crippen LogP contribution is -2.33. The van der Waals surface area contributed by atoms with Gasteiger partial charge in [0.25, 0.3) is 0 Å². The molecule has 0 saturated carbocycles. The summed E-state index contributed by atoms with van der Waals surface area (Å²) < 4.78 is 27.1. The predicted molar refractivity (Wildman–Crippen MR) is 54.9 cm³/mol. The summed E-state index contributed by atoms with van der Waals surface area (Å²) in [5, 5.41) is 6.62. The van der Waals surface area contributed by atoms with E-state index in [1.807, 2.05) is 6.92 Å². The van der Waals surface area contributed by atoms with Crippen LogP contribution in [-0.4, -0.2) is 36.1 Å². The second-order valence-corrected chi connectivity index (χ2v) is 5.73. The van der Waals surface area contributed by atoms with E-state index in [1.165, 1.54) is 6.39 Å². The van der Waals surface area contributed by atoms with Crippen LogP contribution in [0.2, 0.25) is 0 Å². The molecule has 1 heterocycles. The van der Waals surface area contributed by atoms with Crippen LogP contribution in [0, 0.1) is 0 Å². The van der Waals surface area contributed by atoms with Gasteiger partial charge in [0.15, 0.2) is 15.7 Å². The Morgan fingerprint density at radius 3 is 2.87 bits per heavy atom. The van der Waals surface area contributed by atoms with Crippen molar-refractivity contribution in [1.82, 2.24) is 15.5 Å². The molecule has 0 radical (unpaired) electrons. The SMILES string of the molecule is CCS(=O)(=O)CC(C)NCc1ncon1. The number of rotatable bonds is 6. The van der Waals surface area contributed by atoms with Crippen LogP contribution in [0.25, 0.3) is 0 Å². The molecular formula is C8H15N3O3S. The van der Waals surface area contributed by atoms with Crippen LogP contribution < -0.4 is 5.32 Å². The fourth-order valence-corrected chi connectivity index (χ4v) is 2.21. The molecule has 0 bridgehead atoms. The van der Waals surface area contributed by atoms with Crippen molar-refractivity contribution in [2.45, 2.75) is 26.4 Å². The highest BCUT2D eigenvalue weighted by Gasteiger charge is 2.13. The highest BCUT2D eigenvalue weighted by molar-refractivity contribution is 7.91. The van der Waals surface area contributed by atoms with Gasteiger partial charge in [-0.2, -0.15) is 4.98 Å². The minimum atomic E-state index is -2.94. The Morgan fingerprint density at radius 1 is 1.60 bits per heavy atom. The Bertz CT molecular complexity index is 374. The standard InChI is InChI=1S/C8H15N3O3S/c1-3-15(12,13)5-7(2)9-4-8-10-6-14-11-8/h6-7,9H,3-5H2,1-2H3. The second-order valence-electron chi connectivity index (χ2n) is 3.33. The summed E-state index contributed by atoms with van der Waals surface area (Å²) in [5.41, 5.74) is 0. The number of hydrogen-bond donors (Lipinski definition) is 1. The lowest BCUT2D eigenvalue weighted by molar-refractivity contribution is 0.405. The van der Waals surface area contributed by atoms with E-state index in [4.69, 9.17) is 0 Å². The summed E-state index contributed by atoms with van der Waals surface area (Å²) in [6, 6.07) is -0.117. The van der Waals surface area contributed by atoms with Gasteiger partial charge >= 0.3 is 0 Å². The molecule has 0 spiro atoms. The fourth-order valence-electron chi connectivity index (χ4n) is 1.09. The highest BCUT2D eigenvalue weighted by atomic mass is 32.2. The molecule has 0 aliphatic carbocycles. The van der Waals surface area contributed by atoms with Gasteiger partial charge in [0.1, 0.15) is 0 Å². The Balaban J connectivity index is 2.34. The van der Waals surface area contributed by atoms with E-state index in [0.717, 1.165) is 0 Å². The van der Waals surface area contributed by atoms with Gasteiger partial charge in [-0.15, -0.1) is 0 Å². The van der Waals surface area contributed by atoms with Gasteiger partial charge in [0.05, 0.1) is 12.3 Å². The molecule has 1 N–H and O–H groups in total. The summed E-state index contributed by atoms with van der Waals surface area (Å²) in [5.74, 6) is 0.818. The Hall–Kier alpha value is -0.950. The van der Waals surface area contributed by atoms with E-state index in [9.17, 15) is 8.42 Å². The maximum Gasteiger partial charge on any atom is 0.213 e. The van der Waals surface area contributed by atoms with Gasteiger partial charge < -0.3 is 9.84 Å². The minimum absolute atomic E-state index is 0.117. The second kappa shape index (κ2) is 5.22. The van der Waals surface area contributed by atoms with Gasteiger partial charge in [0.2, 0.25) is 6.39 Å². The maximum absolute atomic E-state index is 11.3. The van der Waals surface area contributed by atoms with Crippen LogP contribution in [0.1, 0.15) is 19.7 Å². The Labute approximate surface area is 89.0 Å². The number of sulfone groups is 1. The zero-order chi connectivity index (χ0) is 11.3. The van der Waals surface area contributed by atoms with Gasteiger partial charge in [-0.25, -0.2) is 8.42 Å². The molecule has 6 nitrogen and oxygen atoms in total. The fraction of sp³-hybridized carbons (Fsp3) is 0.750. The lowest BCUT2D eigenvalue weighted by atomic mass is 10.4. The minimum Gasteiger partial charge on any atom is -0.343 e. The molecule has 1 atom stereocenters. The lowest BCUT2D eigenvalue weighted by Gasteiger charge is -2.11. The number of aromatic nitrogens is 2. The molecule has 1 unspecified atom stereocenters. The van der Waals surface area contributed by atoms with Gasteiger partial charge in [0, 0.05) is 11.8 Å². The van der Waals surface area contributed by atoms with Crippen LogP contribution in [0.4, 0.5) is 0 Å². The van der Waals surface area contributed by atoms with E-state index < -0.39 is 9.84 Å². The summed E-state index contributed by atoms with van der Waals surface area (Å²) in [7, 11) is -2.94. The third-order valence-corrected chi connectivity index (χ3v) is 3.85. The van der Waals surface area contributed by atoms with Crippen molar-refractivity contribution in [3.05, 3.63) is 12.2 Å². The normalized spacial score (nSPS) is 14.0. The van der Waals surface area contributed by atoms with E-state index in [1.54, 1.807) is 6.92 Å². The van der Waals surface area contributed by atoms with Crippen molar-refractivity contribution in [2.24, 2.45) is 0 Å². The van der Waals surface area contributed by atoms with Gasteiger partial charge in [-0.3, -0.25) is 0 Å². The average Bonchev–Trinajstić information content (AvgIpc) is 2.66. The van der Waals surface area contributed by atoms with Crippen molar-refractivity contribution < 1.29 is 12.9 Å². The molecule has 0 amide bonds. The molecule has 1 rings (SSSR count). The van der Waals surface area contributed by atoms with Crippen molar-refractivity contribution in [3.63, 3.8) is 0 Å². The molecule has 0 aliphatic rings. The largest absolute Gasteiger partial charge is 0.343 e. The molecule has 15 heavy (non-hydrogen) atoms. The van der Waals surface area contributed by atoms with E-state index in [-0.39, 0.29) is 17.5 Å². The van der Waals surface area contributed by atoms with Crippen molar-refractivity contribution in [1.29, 1.82) is 0 Å². The molecule has 86 valence electrons. The zero-order valence-electron chi connectivity index (χ0n) is 8.80. The Kier molecular flexibility index (Phi) is 4.22. The molecule has 7 heteroatoms. The van der Waals surface area contributed by atoms with E-state index >= 15 is 0 Å². The topological polar surface area (TPSA) is 85.1 Å². The first kappa shape index (κ1) is 12.1. The first-order valence-corrected chi connectivity index (χ1v) is 6.54.